The first-order chi connectivity index (χ1) is 11.4. The Kier molecular flexibility index (Phi) is 10.1. The van der Waals surface area contributed by atoms with Gasteiger partial charge >= 0.3 is 130 Å². The van der Waals surface area contributed by atoms with Gasteiger partial charge in [0.15, 0.2) is 0 Å². The average Bonchev–Trinajstić information content (AvgIpc) is 2.77. The van der Waals surface area contributed by atoms with Crippen LogP contribution in [-0.2, 0) is 22.9 Å². The maximum Gasteiger partial charge on any atom is -0.153 e. The normalized spacial score (nSPS) is 14.9. The molecule has 0 fully saturated rings. The van der Waals surface area contributed by atoms with Gasteiger partial charge < -0.3 is 10.2 Å². The van der Waals surface area contributed by atoms with Crippen LogP contribution in [-0.4, -0.2) is 20.2 Å². The molecule has 0 heterocycles. The van der Waals surface area contributed by atoms with Crippen molar-refractivity contribution in [3.05, 3.63) is 56.5 Å². The molecule has 1 aliphatic carbocycles. The zero-order chi connectivity index (χ0) is 18.9. The fourth-order valence-electron chi connectivity index (χ4n) is 2.53. The topological polar surface area (TPSA) is 72.4 Å². The third-order valence-electron chi connectivity index (χ3n) is 4.32. The van der Waals surface area contributed by atoms with Crippen LogP contribution in [0.4, 0.5) is 0 Å². The third-order valence-corrected chi connectivity index (χ3v) is 6.65. The minimum atomic E-state index is -0.891. The van der Waals surface area contributed by atoms with E-state index in [1.807, 2.05) is 18.2 Å². The molecule has 0 radical (unpaired) electrons. The molecule has 0 aliphatic heterocycles. The molecule has 1 aromatic rings. The molecule has 0 N–H and O–H groups in total. The average molecular weight is 366 g/mol. The molecule has 0 aromatic heterocycles. The Morgan fingerprint density at radius 2 is 1.46 bits per heavy atom. The van der Waals surface area contributed by atoms with E-state index in [1.54, 1.807) is 12.1 Å². The quantitative estimate of drug-likeness (QED) is 0.771. The van der Waals surface area contributed by atoms with Crippen molar-refractivity contribution in [2.45, 2.75) is 34.6 Å². The van der Waals surface area contributed by atoms with Gasteiger partial charge in [-0.1, -0.05) is 0 Å². The molecule has 0 atom stereocenters. The first-order valence-electron chi connectivity index (χ1n) is 7.59. The van der Waals surface area contributed by atoms with E-state index in [0.29, 0.717) is 5.56 Å². The summed E-state index contributed by atoms with van der Waals surface area (Å²) in [5.74, 6) is -0.205. The second-order valence-corrected chi connectivity index (χ2v) is 7.15. The van der Waals surface area contributed by atoms with Gasteiger partial charge in [-0.2, -0.15) is 14.2 Å². The smallest absolute Gasteiger partial charge is 0.153 e. The number of hydrogen-bond donors (Lipinski definition) is 0. The van der Waals surface area contributed by atoms with E-state index in [1.165, 1.54) is 20.6 Å². The fraction of sp³-hybridized carbons (Fsp3) is 0.421. The molecule has 0 unspecified atom stereocenters. The van der Waals surface area contributed by atoms with E-state index < -0.39 is 19.5 Å². The van der Waals surface area contributed by atoms with Crippen LogP contribution in [0.3, 0.4) is 0 Å². The van der Waals surface area contributed by atoms with Crippen LogP contribution in [0.15, 0.2) is 50.9 Å². The summed E-state index contributed by atoms with van der Waals surface area (Å²) in [6.45, 7) is 10.9. The molecule has 0 amide bonds. The molecule has 1 aliphatic rings. The Hall–Kier alpha value is -1.20. The molecular weight excluding hydrogens is 340 g/mol. The fourth-order valence-corrected chi connectivity index (χ4v) is 4.24. The second-order valence-electron chi connectivity index (χ2n) is 5.73. The van der Waals surface area contributed by atoms with Crippen LogP contribution in [0.1, 0.15) is 45.0 Å². The van der Waals surface area contributed by atoms with Crippen LogP contribution in [0.25, 0.3) is 0 Å². The van der Waals surface area contributed by atoms with Crippen LogP contribution in [0, 0.1) is 5.41 Å². The Morgan fingerprint density at radius 3 is 1.88 bits per heavy atom. The minimum absolute atomic E-state index is 0.0329. The van der Waals surface area contributed by atoms with Gasteiger partial charge in [0.1, 0.15) is 0 Å². The Morgan fingerprint density at radius 1 is 0.958 bits per heavy atom. The van der Waals surface area contributed by atoms with Crippen molar-refractivity contribution in [2.75, 3.05) is 14.2 Å². The van der Waals surface area contributed by atoms with E-state index in [9.17, 15) is 4.79 Å². The van der Waals surface area contributed by atoms with Crippen molar-refractivity contribution >= 4 is 5.97 Å². The molecule has 5 heteroatoms. The van der Waals surface area contributed by atoms with Crippen LogP contribution >= 0.6 is 0 Å². The molecule has 0 spiro atoms. The van der Waals surface area contributed by atoms with Crippen LogP contribution in [0.2, 0.25) is 0 Å². The van der Waals surface area contributed by atoms with E-state index in [2.05, 4.69) is 34.6 Å². The summed E-state index contributed by atoms with van der Waals surface area (Å²) in [5, 5.41) is 16.5. The minimum Gasteiger partial charge on any atom is -0.857 e. The molecule has 0 saturated carbocycles. The van der Waals surface area contributed by atoms with Crippen LogP contribution < -0.4 is 10.2 Å². The number of carbonyl (C=O) groups is 1. The van der Waals surface area contributed by atoms with E-state index in [0.717, 1.165) is 14.2 Å². The molecular formula is C19H26O4Ti. The number of allylic oxidation sites excluding steroid dienone is 4. The Bertz CT molecular complexity index is 601. The standard InChI is InChI=1S/C10H15.C7H6O2.2CH3O.Ti/c1-7-6-10(4,5)9(3)8(7)2;8-7(9)6-4-2-1-3-5-6;2*1-2;/h1-5H3;1-5H,(H,8,9);2*1H3;/q;;2*-1;+3/p-1. The summed E-state index contributed by atoms with van der Waals surface area (Å²) in [7, 11) is 1.50. The van der Waals surface area contributed by atoms with Gasteiger partial charge in [0, 0.05) is 0 Å². The Balaban J connectivity index is 0.00000123. The largest absolute Gasteiger partial charge is 0.857 e. The maximum atomic E-state index is 12.1. The zero-order valence-corrected chi connectivity index (χ0v) is 17.1. The van der Waals surface area contributed by atoms with Crippen molar-refractivity contribution in [2.24, 2.45) is 5.41 Å². The number of carbonyl (C=O) groups excluding carboxylic acids is 1. The van der Waals surface area contributed by atoms with Gasteiger partial charge in [-0.3, -0.25) is 0 Å². The molecule has 0 saturated heterocycles. The van der Waals surface area contributed by atoms with Crippen molar-refractivity contribution in [3.8, 4) is 0 Å². The van der Waals surface area contributed by atoms with Gasteiger partial charge in [-0.05, 0) is 0 Å². The number of rotatable bonds is 3. The van der Waals surface area contributed by atoms with E-state index in [4.69, 9.17) is 13.5 Å². The van der Waals surface area contributed by atoms with Crippen molar-refractivity contribution in [1.29, 1.82) is 0 Å². The van der Waals surface area contributed by atoms with Crippen molar-refractivity contribution < 1.29 is 37.9 Å². The molecule has 24 heavy (non-hydrogen) atoms. The van der Waals surface area contributed by atoms with Gasteiger partial charge in [-0.25, -0.2) is 0 Å². The predicted octanol–water partition coefficient (Wildman–Crippen LogP) is 2.44. The third kappa shape index (κ3) is 5.15. The van der Waals surface area contributed by atoms with Crippen molar-refractivity contribution in [3.63, 3.8) is 0 Å². The monoisotopic (exact) mass is 366 g/mol. The number of benzene rings is 1. The molecule has 1 aromatic carbocycles. The first-order valence-corrected chi connectivity index (χ1v) is 9.01. The molecule has 130 valence electrons. The summed E-state index contributed by atoms with van der Waals surface area (Å²) in [6, 6.07) is 9.21. The Labute approximate surface area is 154 Å². The van der Waals surface area contributed by atoms with Gasteiger partial charge in [-0.15, -0.1) is 0 Å². The second kappa shape index (κ2) is 10.6. The van der Waals surface area contributed by atoms with Gasteiger partial charge in [0.2, 0.25) is 0 Å². The molecule has 2 rings (SSSR count). The zero-order valence-electron chi connectivity index (χ0n) is 15.5. The summed E-state index contributed by atoms with van der Waals surface area (Å²) in [4.78, 5) is 12.1. The van der Waals surface area contributed by atoms with Gasteiger partial charge in [0.05, 0.1) is 0 Å². The van der Waals surface area contributed by atoms with E-state index in [-0.39, 0.29) is 11.4 Å². The summed E-state index contributed by atoms with van der Waals surface area (Å²) in [6.07, 6.45) is 0. The summed E-state index contributed by atoms with van der Waals surface area (Å²) in [5.41, 5.74) is 4.72. The van der Waals surface area contributed by atoms with E-state index >= 15 is 0 Å². The maximum absolute atomic E-state index is 12.1. The summed E-state index contributed by atoms with van der Waals surface area (Å²) < 4.78 is 6.95. The predicted molar refractivity (Wildman–Crippen MR) is 88.6 cm³/mol. The number of hydrogen-bond acceptors (Lipinski definition) is 4. The van der Waals surface area contributed by atoms with Gasteiger partial charge in [0.25, 0.3) is 0 Å². The first kappa shape index (κ1) is 22.8. The molecule has 4 nitrogen and oxygen atoms in total. The summed E-state index contributed by atoms with van der Waals surface area (Å²) >= 11 is -0.891. The SMILES string of the molecule is CC1=C(C)C(C)(C)[C]([Ti+2][O]C(=O)c2ccccc2)=C1C.C[O-].C[O-]. The van der Waals surface area contributed by atoms with Crippen LogP contribution in [0.5, 0.6) is 0 Å². The molecule has 0 bridgehead atoms. The van der Waals surface area contributed by atoms with Crippen molar-refractivity contribution in [1.82, 2.24) is 0 Å².